The van der Waals surface area contributed by atoms with Crippen LogP contribution in [-0.2, 0) is 44.6 Å². The van der Waals surface area contributed by atoms with E-state index in [-0.39, 0.29) is 38.0 Å². The van der Waals surface area contributed by atoms with E-state index in [4.69, 9.17) is 14.2 Å². The topological polar surface area (TPSA) is 257 Å². The second-order valence-electron chi connectivity index (χ2n) is 18.0. The van der Waals surface area contributed by atoms with Crippen LogP contribution in [0.5, 0.6) is 0 Å². The summed E-state index contributed by atoms with van der Waals surface area (Å²) < 4.78 is 15.7. The van der Waals surface area contributed by atoms with E-state index in [1.54, 1.807) is 65.8 Å². The molecule has 0 bridgehead atoms. The van der Waals surface area contributed by atoms with Crippen molar-refractivity contribution in [1.29, 1.82) is 0 Å². The van der Waals surface area contributed by atoms with Crippen LogP contribution >= 0.6 is 0 Å². The zero-order valence-electron chi connectivity index (χ0n) is 40.1. The lowest BCUT2D eigenvalue weighted by molar-refractivity contribution is -0.144. The van der Waals surface area contributed by atoms with Crippen LogP contribution < -0.4 is 31.9 Å². The first kappa shape index (κ1) is 55.9. The Morgan fingerprint density at radius 2 is 1.15 bits per heavy atom. The van der Waals surface area contributed by atoms with E-state index in [0.717, 1.165) is 36.8 Å². The van der Waals surface area contributed by atoms with Gasteiger partial charge in [-0.2, -0.15) is 0 Å². The summed E-state index contributed by atoms with van der Waals surface area (Å²) in [6, 6.07) is 9.32. The van der Waals surface area contributed by atoms with Crippen molar-refractivity contribution in [1.82, 2.24) is 31.9 Å². The lowest BCUT2D eigenvalue weighted by Gasteiger charge is -2.25. The lowest BCUT2D eigenvalue weighted by atomic mass is 10.0. The summed E-state index contributed by atoms with van der Waals surface area (Å²) in [5, 5.41) is 24.9. The van der Waals surface area contributed by atoms with Gasteiger partial charge >= 0.3 is 24.1 Å². The number of carbonyl (C=O) groups excluding carboxylic acids is 7. The molecule has 6 amide bonds. The van der Waals surface area contributed by atoms with Gasteiger partial charge in [0.15, 0.2) is 0 Å². The van der Waals surface area contributed by atoms with Gasteiger partial charge < -0.3 is 51.2 Å². The monoisotopic (exact) mass is 925 g/mol. The number of aryl methyl sites for hydroxylation is 1. The van der Waals surface area contributed by atoms with Crippen molar-refractivity contribution < 1.29 is 57.7 Å². The third kappa shape index (κ3) is 22.6. The molecule has 0 saturated heterocycles. The van der Waals surface area contributed by atoms with Crippen molar-refractivity contribution in [2.75, 3.05) is 19.7 Å². The number of hydrogen-bond acceptors (Lipinski definition) is 11. The molecule has 366 valence electrons. The number of amides is 6. The minimum Gasteiger partial charge on any atom is -0.480 e. The molecular formula is C48H72N6O12. The van der Waals surface area contributed by atoms with Gasteiger partial charge in [0, 0.05) is 18.5 Å². The van der Waals surface area contributed by atoms with Crippen LogP contribution in [0.4, 0.5) is 9.59 Å². The maximum Gasteiger partial charge on any atom is 0.407 e. The second kappa shape index (κ2) is 28.0. The average molecular weight is 925 g/mol. The Labute approximate surface area is 388 Å². The van der Waals surface area contributed by atoms with Crippen LogP contribution in [0.1, 0.15) is 136 Å². The van der Waals surface area contributed by atoms with Crippen molar-refractivity contribution in [2.45, 2.75) is 162 Å². The van der Waals surface area contributed by atoms with Gasteiger partial charge in [0.1, 0.15) is 35.4 Å². The molecule has 2 rings (SSSR count). The zero-order valence-corrected chi connectivity index (χ0v) is 40.1. The van der Waals surface area contributed by atoms with Crippen LogP contribution in [-0.4, -0.2) is 108 Å². The first-order valence-electron chi connectivity index (χ1n) is 22.7. The number of hydrogen-bond donors (Lipinski definition) is 7. The highest BCUT2D eigenvalue weighted by atomic mass is 16.6. The predicted octanol–water partition coefficient (Wildman–Crippen LogP) is 5.70. The Bertz CT molecular complexity index is 1910. The van der Waals surface area contributed by atoms with Crippen LogP contribution in [0.3, 0.4) is 0 Å². The summed E-state index contributed by atoms with van der Waals surface area (Å²) in [5.74, 6) is -5.27. The normalized spacial score (nSPS) is 13.1. The highest BCUT2D eigenvalue weighted by Gasteiger charge is 2.31. The van der Waals surface area contributed by atoms with Gasteiger partial charge in [-0.3, -0.25) is 24.0 Å². The van der Waals surface area contributed by atoms with Crippen LogP contribution in [0.25, 0.3) is 11.1 Å². The van der Waals surface area contributed by atoms with E-state index >= 15 is 0 Å². The third-order valence-corrected chi connectivity index (χ3v) is 9.71. The van der Waals surface area contributed by atoms with Gasteiger partial charge in [-0.05, 0) is 122 Å². The van der Waals surface area contributed by atoms with E-state index in [9.17, 15) is 43.5 Å². The Morgan fingerprint density at radius 3 is 1.71 bits per heavy atom. The van der Waals surface area contributed by atoms with Gasteiger partial charge in [-0.25, -0.2) is 14.4 Å². The number of carbonyl (C=O) groups is 8. The van der Waals surface area contributed by atoms with Crippen molar-refractivity contribution in [3.8, 4) is 11.1 Å². The fourth-order valence-corrected chi connectivity index (χ4v) is 6.13. The molecule has 0 aliphatic rings. The van der Waals surface area contributed by atoms with Gasteiger partial charge in [-0.15, -0.1) is 0 Å². The van der Waals surface area contributed by atoms with Crippen molar-refractivity contribution >= 4 is 47.8 Å². The predicted molar refractivity (Wildman–Crippen MR) is 248 cm³/mol. The third-order valence-electron chi connectivity index (χ3n) is 9.71. The maximum absolute atomic E-state index is 14.0. The number of nitrogens with one attached hydrogen (secondary N) is 6. The van der Waals surface area contributed by atoms with E-state index in [1.807, 2.05) is 19.1 Å². The summed E-state index contributed by atoms with van der Waals surface area (Å²) in [4.78, 5) is 104. The van der Waals surface area contributed by atoms with Crippen molar-refractivity contribution in [3.05, 3.63) is 59.7 Å². The Balaban J connectivity index is 2.25. The van der Waals surface area contributed by atoms with Gasteiger partial charge in [0.25, 0.3) is 5.91 Å². The molecule has 2 aromatic rings. The first-order chi connectivity index (χ1) is 31.0. The smallest absolute Gasteiger partial charge is 0.407 e. The molecule has 66 heavy (non-hydrogen) atoms. The number of carboxylic acids is 1. The fraction of sp³-hybridized carbons (Fsp3) is 0.583. The standard InChI is InChI=1S/C48H72N6O12/c1-10-12-16-32-18-20-33(21-19-32)34-22-24-35(25-23-34)41(57)54-38(30-50-46(63)66-48(7,8)9)43(59)52-36(26-27-39(55)64-29-13-11-2)42(58)51-31(3)40(56)53-37(44(60)61)17-14-15-28-49-45(62)65-47(4,5)6/h18-25,31,36-38H,10-17,26-30H2,1-9H3,(H,49,62)(H,50,63)(H,51,58)(H,52,59)(H,53,56)(H,54,57)(H,60,61)/t31-,36-,37-,38-/m0/s1. The summed E-state index contributed by atoms with van der Waals surface area (Å²) in [7, 11) is 0. The highest BCUT2D eigenvalue weighted by Crippen LogP contribution is 2.21. The molecule has 7 N–H and O–H groups in total. The molecule has 0 spiro atoms. The Hall–Kier alpha value is -6.20. The number of aliphatic carboxylic acids is 1. The number of carboxylic acid groups (broad SMARTS) is 1. The number of ether oxygens (including phenoxy) is 3. The second-order valence-corrected chi connectivity index (χ2v) is 18.0. The molecule has 0 heterocycles. The Morgan fingerprint density at radius 1 is 0.606 bits per heavy atom. The largest absolute Gasteiger partial charge is 0.480 e. The summed E-state index contributed by atoms with van der Waals surface area (Å²) in [6.45, 7) is 15.4. The molecule has 0 aliphatic heterocycles. The van der Waals surface area contributed by atoms with E-state index in [2.05, 4.69) is 51.0 Å². The van der Waals surface area contributed by atoms with Crippen LogP contribution in [0.2, 0.25) is 0 Å². The molecule has 2 aromatic carbocycles. The SMILES string of the molecule is CCCCOC(=O)CC[C@H](NC(=O)[C@H](CNC(=O)OC(C)(C)C)NC(=O)c1ccc(-c2ccc(CCCC)cc2)cc1)C(=O)N[C@@H](C)C(=O)N[C@@H](CCCCNC(=O)OC(C)(C)C)C(=O)O. The minimum atomic E-state index is -1.47. The molecule has 0 radical (unpaired) electrons. The molecule has 0 fully saturated rings. The van der Waals surface area contributed by atoms with Crippen molar-refractivity contribution in [3.63, 3.8) is 0 Å². The van der Waals surface area contributed by atoms with E-state index in [1.165, 1.54) is 12.5 Å². The average Bonchev–Trinajstić information content (AvgIpc) is 3.23. The van der Waals surface area contributed by atoms with E-state index in [0.29, 0.717) is 19.3 Å². The molecule has 18 heteroatoms. The molecular weight excluding hydrogens is 853 g/mol. The number of esters is 1. The van der Waals surface area contributed by atoms with Crippen LogP contribution in [0, 0.1) is 0 Å². The van der Waals surface area contributed by atoms with Gasteiger partial charge in [0.2, 0.25) is 17.7 Å². The van der Waals surface area contributed by atoms with Gasteiger partial charge in [-0.1, -0.05) is 63.1 Å². The Kier molecular flexibility index (Phi) is 23.7. The minimum absolute atomic E-state index is 0.0120. The number of alkyl carbamates (subject to hydrolysis) is 2. The fourth-order valence-electron chi connectivity index (χ4n) is 6.13. The lowest BCUT2D eigenvalue weighted by Crippen LogP contribution is -2.59. The maximum atomic E-state index is 14.0. The van der Waals surface area contributed by atoms with Crippen molar-refractivity contribution in [2.24, 2.45) is 0 Å². The quantitative estimate of drug-likeness (QED) is 0.0341. The first-order valence-corrected chi connectivity index (χ1v) is 22.7. The van der Waals surface area contributed by atoms with Crippen LogP contribution in [0.15, 0.2) is 48.5 Å². The number of unbranched alkanes of at least 4 members (excludes halogenated alkanes) is 3. The highest BCUT2D eigenvalue weighted by molar-refractivity contribution is 5.99. The van der Waals surface area contributed by atoms with Gasteiger partial charge in [0.05, 0.1) is 13.2 Å². The molecule has 4 atom stereocenters. The number of rotatable bonds is 26. The summed E-state index contributed by atoms with van der Waals surface area (Å²) in [6.07, 6.45) is 3.18. The van der Waals surface area contributed by atoms with E-state index < -0.39 is 89.7 Å². The molecule has 0 aliphatic carbocycles. The molecule has 0 aromatic heterocycles. The summed E-state index contributed by atoms with van der Waals surface area (Å²) in [5.41, 5.74) is 1.68. The number of benzene rings is 2. The molecule has 18 nitrogen and oxygen atoms in total. The molecule has 0 saturated carbocycles. The summed E-state index contributed by atoms with van der Waals surface area (Å²) >= 11 is 0. The zero-order chi connectivity index (χ0) is 49.5. The molecule has 0 unspecified atom stereocenters.